The Kier molecular flexibility index (Phi) is 4.72. The van der Waals surface area contributed by atoms with Crippen LogP contribution in [0.4, 0.5) is 0 Å². The normalized spacial score (nSPS) is 40.7. The molecule has 0 N–H and O–H groups in total. The van der Waals surface area contributed by atoms with Crippen LogP contribution in [0.3, 0.4) is 0 Å². The summed E-state index contributed by atoms with van der Waals surface area (Å²) < 4.78 is 6.57. The van der Waals surface area contributed by atoms with Crippen LogP contribution in [0.15, 0.2) is 0 Å². The highest BCUT2D eigenvalue weighted by Crippen LogP contribution is 2.54. The molecule has 4 unspecified atom stereocenters. The molecule has 2 fully saturated rings. The van der Waals surface area contributed by atoms with E-state index in [1.165, 1.54) is 38.5 Å². The molecule has 0 saturated heterocycles. The molecule has 112 valence electrons. The summed E-state index contributed by atoms with van der Waals surface area (Å²) in [6.07, 6.45) is 8.49. The van der Waals surface area contributed by atoms with Gasteiger partial charge in [-0.3, -0.25) is 0 Å². The quantitative estimate of drug-likeness (QED) is 0.613. The van der Waals surface area contributed by atoms with Crippen molar-refractivity contribution in [3.8, 4) is 0 Å². The van der Waals surface area contributed by atoms with E-state index in [-0.39, 0.29) is 0 Å². The Bertz CT molecular complexity index is 308. The van der Waals surface area contributed by atoms with Gasteiger partial charge in [0.05, 0.1) is 12.2 Å². The van der Waals surface area contributed by atoms with Crippen LogP contribution in [0.2, 0.25) is 0 Å². The van der Waals surface area contributed by atoms with Crippen LogP contribution in [0.25, 0.3) is 0 Å². The molecule has 0 radical (unpaired) electrons. The van der Waals surface area contributed by atoms with Gasteiger partial charge in [0.2, 0.25) is 0 Å². The minimum atomic E-state index is 0.394. The van der Waals surface area contributed by atoms with Gasteiger partial charge < -0.3 is 4.74 Å². The lowest BCUT2D eigenvalue weighted by molar-refractivity contribution is -0.160. The summed E-state index contributed by atoms with van der Waals surface area (Å²) in [4.78, 5) is 0.661. The third-order valence-corrected chi connectivity index (χ3v) is 6.99. The van der Waals surface area contributed by atoms with Gasteiger partial charge in [0.1, 0.15) is 0 Å². The second kappa shape index (κ2) is 5.67. The van der Waals surface area contributed by atoms with Crippen LogP contribution >= 0.6 is 15.9 Å². The van der Waals surface area contributed by atoms with Crippen LogP contribution in [0, 0.1) is 16.7 Å². The lowest BCUT2D eigenvalue weighted by Gasteiger charge is -2.55. The molecule has 0 aromatic carbocycles. The first-order chi connectivity index (χ1) is 8.83. The fraction of sp³-hybridized carbons (Fsp3) is 1.00. The molecule has 0 bridgehead atoms. The van der Waals surface area contributed by atoms with Gasteiger partial charge in [-0.15, -0.1) is 0 Å². The van der Waals surface area contributed by atoms with Crippen molar-refractivity contribution >= 4 is 15.9 Å². The third kappa shape index (κ3) is 3.05. The van der Waals surface area contributed by atoms with Gasteiger partial charge in [-0.05, 0) is 49.9 Å². The van der Waals surface area contributed by atoms with Crippen molar-refractivity contribution in [3.63, 3.8) is 0 Å². The molecular formula is C17H31BrO. The highest BCUT2D eigenvalue weighted by atomic mass is 79.9. The molecule has 19 heavy (non-hydrogen) atoms. The lowest BCUT2D eigenvalue weighted by Crippen LogP contribution is -2.56. The Morgan fingerprint density at radius 2 is 1.74 bits per heavy atom. The first-order valence-corrected chi connectivity index (χ1v) is 9.04. The van der Waals surface area contributed by atoms with E-state index >= 15 is 0 Å². The fourth-order valence-electron chi connectivity index (χ4n) is 4.63. The van der Waals surface area contributed by atoms with Crippen LogP contribution in [0.5, 0.6) is 0 Å². The van der Waals surface area contributed by atoms with Crippen molar-refractivity contribution in [1.29, 1.82) is 0 Å². The lowest BCUT2D eigenvalue weighted by atomic mass is 9.62. The number of hydrogen-bond acceptors (Lipinski definition) is 1. The van der Waals surface area contributed by atoms with Crippen molar-refractivity contribution in [1.82, 2.24) is 0 Å². The second-order valence-electron chi connectivity index (χ2n) is 7.80. The Morgan fingerprint density at radius 1 is 1.11 bits per heavy atom. The molecule has 0 spiro atoms. The molecule has 0 heterocycles. The summed E-state index contributed by atoms with van der Waals surface area (Å²) in [5.74, 6) is 0.811. The van der Waals surface area contributed by atoms with E-state index in [4.69, 9.17) is 4.74 Å². The zero-order chi connectivity index (χ0) is 14.3. The maximum atomic E-state index is 6.57. The molecule has 2 aliphatic carbocycles. The molecule has 0 aromatic heterocycles. The highest BCUT2D eigenvalue weighted by molar-refractivity contribution is 9.09. The van der Waals surface area contributed by atoms with Gasteiger partial charge in [0.15, 0.2) is 0 Å². The van der Waals surface area contributed by atoms with Gasteiger partial charge >= 0.3 is 0 Å². The van der Waals surface area contributed by atoms with Gasteiger partial charge in [-0.1, -0.05) is 50.5 Å². The van der Waals surface area contributed by atoms with E-state index in [1.54, 1.807) is 0 Å². The van der Waals surface area contributed by atoms with Crippen molar-refractivity contribution in [3.05, 3.63) is 0 Å². The fourth-order valence-corrected chi connectivity index (χ4v) is 5.91. The Hall–Kier alpha value is 0.440. The summed E-state index contributed by atoms with van der Waals surface area (Å²) in [6.45, 7) is 11.8. The Morgan fingerprint density at radius 3 is 2.21 bits per heavy atom. The number of alkyl halides is 1. The van der Waals surface area contributed by atoms with Crippen molar-refractivity contribution < 1.29 is 4.74 Å². The molecule has 0 aliphatic heterocycles. The molecule has 4 atom stereocenters. The smallest absolute Gasteiger partial charge is 0.0656 e. The largest absolute Gasteiger partial charge is 0.374 e. The Labute approximate surface area is 128 Å². The summed E-state index contributed by atoms with van der Waals surface area (Å²) in [6, 6.07) is 0. The van der Waals surface area contributed by atoms with Crippen LogP contribution in [-0.2, 0) is 4.74 Å². The van der Waals surface area contributed by atoms with Crippen molar-refractivity contribution in [2.75, 3.05) is 0 Å². The molecule has 2 rings (SSSR count). The van der Waals surface area contributed by atoms with Crippen molar-refractivity contribution in [2.45, 2.75) is 90.2 Å². The maximum Gasteiger partial charge on any atom is 0.0656 e. The Balaban J connectivity index is 1.98. The van der Waals surface area contributed by atoms with Crippen molar-refractivity contribution in [2.24, 2.45) is 16.7 Å². The zero-order valence-electron chi connectivity index (χ0n) is 13.3. The first kappa shape index (κ1) is 15.8. The first-order valence-electron chi connectivity index (χ1n) is 8.12. The summed E-state index contributed by atoms with van der Waals surface area (Å²) in [7, 11) is 0. The van der Waals surface area contributed by atoms with Gasteiger partial charge in [-0.25, -0.2) is 0 Å². The molecule has 2 aliphatic rings. The number of halogens is 1. The van der Waals surface area contributed by atoms with Crippen LogP contribution in [0.1, 0.15) is 73.1 Å². The SMILES string of the molecule is CCC1(CC)C(Br)CC1OC1CC(C)CC(C)(C)C1. The molecule has 2 saturated carbocycles. The topological polar surface area (TPSA) is 9.23 Å². The van der Waals surface area contributed by atoms with E-state index in [9.17, 15) is 0 Å². The maximum absolute atomic E-state index is 6.57. The van der Waals surface area contributed by atoms with Crippen LogP contribution < -0.4 is 0 Å². The molecular weight excluding hydrogens is 300 g/mol. The summed E-state index contributed by atoms with van der Waals surface area (Å²) in [5.41, 5.74) is 0.853. The average molecular weight is 331 g/mol. The molecule has 0 amide bonds. The van der Waals surface area contributed by atoms with Gasteiger partial charge in [0, 0.05) is 10.2 Å². The predicted molar refractivity (Wildman–Crippen MR) is 85.8 cm³/mol. The van der Waals surface area contributed by atoms with E-state index in [0.29, 0.717) is 27.9 Å². The van der Waals surface area contributed by atoms with E-state index in [1.807, 2.05) is 0 Å². The number of rotatable bonds is 4. The summed E-state index contributed by atoms with van der Waals surface area (Å²) >= 11 is 3.86. The number of hydrogen-bond donors (Lipinski definition) is 0. The second-order valence-corrected chi connectivity index (χ2v) is 8.91. The van der Waals surface area contributed by atoms with E-state index < -0.39 is 0 Å². The van der Waals surface area contributed by atoms with Gasteiger partial charge in [0.25, 0.3) is 0 Å². The van der Waals surface area contributed by atoms with E-state index in [0.717, 1.165) is 5.92 Å². The standard InChI is InChI=1S/C17H31BrO/c1-6-17(7-2)14(18)9-15(17)19-13-8-12(3)10-16(4,5)11-13/h12-15H,6-11H2,1-5H3. The van der Waals surface area contributed by atoms with E-state index in [2.05, 4.69) is 50.5 Å². The highest BCUT2D eigenvalue weighted by Gasteiger charge is 2.53. The zero-order valence-corrected chi connectivity index (χ0v) is 14.9. The average Bonchev–Trinajstić information content (AvgIpc) is 2.27. The number of ether oxygens (including phenoxy) is 1. The summed E-state index contributed by atoms with van der Waals surface area (Å²) in [5, 5.41) is 0. The molecule has 1 nitrogen and oxygen atoms in total. The minimum absolute atomic E-state index is 0.394. The molecule has 0 aromatic rings. The monoisotopic (exact) mass is 330 g/mol. The third-order valence-electron chi connectivity index (χ3n) is 5.71. The molecule has 2 heteroatoms. The minimum Gasteiger partial charge on any atom is -0.374 e. The van der Waals surface area contributed by atoms with Gasteiger partial charge in [-0.2, -0.15) is 0 Å². The van der Waals surface area contributed by atoms with Crippen LogP contribution in [-0.4, -0.2) is 17.0 Å². The predicted octanol–water partition coefficient (Wildman–Crippen LogP) is 5.56.